The minimum atomic E-state index is 0.281. The molecule has 2 aromatic carbocycles. The number of hydrogen-bond acceptors (Lipinski definition) is 6. The highest BCUT2D eigenvalue weighted by Crippen LogP contribution is 2.30. The quantitative estimate of drug-likeness (QED) is 0.461. The van der Waals surface area contributed by atoms with E-state index in [2.05, 4.69) is 20.2 Å². The van der Waals surface area contributed by atoms with Crippen LogP contribution in [0.25, 0.3) is 28.2 Å². The van der Waals surface area contributed by atoms with Crippen molar-refractivity contribution in [1.29, 1.82) is 0 Å². The summed E-state index contributed by atoms with van der Waals surface area (Å²) in [5, 5.41) is 13.4. The second-order valence-electron chi connectivity index (χ2n) is 6.38. The van der Waals surface area contributed by atoms with Gasteiger partial charge in [-0.2, -0.15) is 4.52 Å². The summed E-state index contributed by atoms with van der Waals surface area (Å²) >= 11 is 0. The van der Waals surface area contributed by atoms with Gasteiger partial charge in [-0.25, -0.2) is 9.97 Å². The molecule has 0 radical (unpaired) electrons. The second-order valence-corrected chi connectivity index (χ2v) is 6.38. The lowest BCUT2D eigenvalue weighted by atomic mass is 10.1. The van der Waals surface area contributed by atoms with Crippen LogP contribution in [-0.2, 0) is 6.61 Å². The predicted octanol–water partition coefficient (Wildman–Crippen LogP) is 3.83. The van der Waals surface area contributed by atoms with Crippen molar-refractivity contribution in [2.24, 2.45) is 0 Å². The van der Waals surface area contributed by atoms with Crippen LogP contribution < -0.4 is 4.74 Å². The van der Waals surface area contributed by atoms with Crippen LogP contribution in [0.15, 0.2) is 85.3 Å². The van der Waals surface area contributed by atoms with Crippen LogP contribution in [0.5, 0.6) is 5.88 Å². The van der Waals surface area contributed by atoms with Crippen molar-refractivity contribution < 1.29 is 4.74 Å². The lowest BCUT2D eigenvalue weighted by Crippen LogP contribution is -2.05. The van der Waals surface area contributed by atoms with Gasteiger partial charge in [0.25, 0.3) is 0 Å². The van der Waals surface area contributed by atoms with E-state index in [1.807, 2.05) is 72.8 Å². The normalized spacial score (nSPS) is 10.9. The molecule has 0 aliphatic heterocycles. The number of aromatic nitrogens is 6. The van der Waals surface area contributed by atoms with E-state index in [9.17, 15) is 0 Å². The van der Waals surface area contributed by atoms with E-state index in [0.717, 1.165) is 22.4 Å². The summed E-state index contributed by atoms with van der Waals surface area (Å²) in [6.07, 6.45) is 3.19. The van der Waals surface area contributed by atoms with Gasteiger partial charge in [-0.1, -0.05) is 60.7 Å². The molecule has 3 heterocycles. The van der Waals surface area contributed by atoms with Gasteiger partial charge in [-0.15, -0.1) is 15.3 Å². The molecular formula is C22H16N6O. The minimum Gasteiger partial charge on any atom is -0.470 e. The minimum absolute atomic E-state index is 0.281. The van der Waals surface area contributed by atoms with Gasteiger partial charge in [0.1, 0.15) is 12.9 Å². The van der Waals surface area contributed by atoms with Gasteiger partial charge in [0.05, 0.1) is 5.69 Å². The van der Waals surface area contributed by atoms with Gasteiger partial charge in [0.15, 0.2) is 11.5 Å². The summed E-state index contributed by atoms with van der Waals surface area (Å²) in [6.45, 7) is 0.281. The number of nitrogens with zero attached hydrogens (tertiary/aromatic N) is 6. The molecule has 7 heteroatoms. The Morgan fingerprint density at radius 3 is 2.31 bits per heavy atom. The molecule has 5 aromatic rings. The number of rotatable bonds is 5. The largest absolute Gasteiger partial charge is 0.470 e. The molecule has 0 atom stereocenters. The highest BCUT2D eigenvalue weighted by molar-refractivity contribution is 5.72. The van der Waals surface area contributed by atoms with E-state index < -0.39 is 0 Å². The summed E-state index contributed by atoms with van der Waals surface area (Å²) in [4.78, 5) is 8.16. The molecule has 0 saturated heterocycles. The molecule has 0 aliphatic rings. The number of hydrogen-bond donors (Lipinski definition) is 0. The zero-order valence-electron chi connectivity index (χ0n) is 15.4. The van der Waals surface area contributed by atoms with E-state index in [4.69, 9.17) is 9.84 Å². The molecule has 0 spiro atoms. The van der Waals surface area contributed by atoms with Crippen molar-refractivity contribution in [3.05, 3.63) is 91.0 Å². The van der Waals surface area contributed by atoms with Gasteiger partial charge in [-0.05, 0) is 17.7 Å². The molecule has 0 unspecified atom stereocenters. The molecule has 7 nitrogen and oxygen atoms in total. The lowest BCUT2D eigenvalue weighted by Gasteiger charge is -2.11. The van der Waals surface area contributed by atoms with E-state index >= 15 is 0 Å². The molecule has 0 bridgehead atoms. The van der Waals surface area contributed by atoms with Gasteiger partial charge in [-0.3, -0.25) is 0 Å². The SMILES string of the molecule is c1ccc(-c2cc3nnc(-c4ccccc4)n3nc2OCc2ccncn2)cc1. The maximum Gasteiger partial charge on any atom is 0.240 e. The Morgan fingerprint density at radius 1 is 0.828 bits per heavy atom. The maximum atomic E-state index is 6.07. The first kappa shape index (κ1) is 17.0. The monoisotopic (exact) mass is 380 g/mol. The molecule has 0 fully saturated rings. The third kappa shape index (κ3) is 3.41. The first-order valence-electron chi connectivity index (χ1n) is 9.13. The van der Waals surface area contributed by atoms with E-state index in [-0.39, 0.29) is 6.61 Å². The molecular weight excluding hydrogens is 364 g/mol. The van der Waals surface area contributed by atoms with Crippen LogP contribution in [0.1, 0.15) is 5.69 Å². The summed E-state index contributed by atoms with van der Waals surface area (Å²) in [5.41, 5.74) is 4.19. The third-order valence-electron chi connectivity index (χ3n) is 4.48. The van der Waals surface area contributed by atoms with Crippen molar-refractivity contribution in [3.8, 4) is 28.4 Å². The average molecular weight is 380 g/mol. The van der Waals surface area contributed by atoms with Gasteiger partial charge < -0.3 is 4.74 Å². The van der Waals surface area contributed by atoms with Crippen LogP contribution in [0.3, 0.4) is 0 Å². The Balaban J connectivity index is 1.62. The van der Waals surface area contributed by atoms with Crippen molar-refractivity contribution in [1.82, 2.24) is 29.8 Å². The fourth-order valence-corrected chi connectivity index (χ4v) is 3.06. The summed E-state index contributed by atoms with van der Waals surface area (Å²) in [6, 6.07) is 23.5. The Hall–Kier alpha value is -4.13. The smallest absolute Gasteiger partial charge is 0.240 e. The Bertz CT molecular complexity index is 1240. The highest BCUT2D eigenvalue weighted by atomic mass is 16.5. The number of benzene rings is 2. The van der Waals surface area contributed by atoms with Crippen molar-refractivity contribution in [2.75, 3.05) is 0 Å². The standard InChI is InChI=1S/C22H16N6O/c1-3-7-16(8-4-1)19-13-20-25-26-21(17-9-5-2-6-10-17)28(20)27-22(19)29-14-18-11-12-23-15-24-18/h1-13,15H,14H2. The molecule has 0 N–H and O–H groups in total. The molecule has 3 aromatic heterocycles. The van der Waals surface area contributed by atoms with Gasteiger partial charge >= 0.3 is 0 Å². The van der Waals surface area contributed by atoms with Gasteiger partial charge in [0, 0.05) is 17.3 Å². The third-order valence-corrected chi connectivity index (χ3v) is 4.48. The van der Waals surface area contributed by atoms with Crippen LogP contribution in [0.2, 0.25) is 0 Å². The summed E-state index contributed by atoms with van der Waals surface area (Å²) < 4.78 is 7.77. The Kier molecular flexibility index (Phi) is 4.38. The molecule has 5 rings (SSSR count). The molecule has 0 amide bonds. The molecule has 29 heavy (non-hydrogen) atoms. The van der Waals surface area contributed by atoms with Crippen molar-refractivity contribution in [2.45, 2.75) is 6.61 Å². The molecule has 0 saturated carbocycles. The topological polar surface area (TPSA) is 78.1 Å². The van der Waals surface area contributed by atoms with E-state index in [1.54, 1.807) is 10.7 Å². The first-order valence-corrected chi connectivity index (χ1v) is 9.13. The Morgan fingerprint density at radius 2 is 1.59 bits per heavy atom. The van der Waals surface area contributed by atoms with E-state index in [0.29, 0.717) is 17.4 Å². The van der Waals surface area contributed by atoms with Gasteiger partial charge in [0.2, 0.25) is 5.88 Å². The zero-order valence-corrected chi connectivity index (χ0v) is 15.4. The van der Waals surface area contributed by atoms with Crippen molar-refractivity contribution >= 4 is 5.65 Å². The fraction of sp³-hybridized carbons (Fsp3) is 0.0455. The van der Waals surface area contributed by atoms with Crippen LogP contribution in [-0.4, -0.2) is 29.8 Å². The number of fused-ring (bicyclic) bond motifs is 1. The highest BCUT2D eigenvalue weighted by Gasteiger charge is 2.16. The number of ether oxygens (including phenoxy) is 1. The summed E-state index contributed by atoms with van der Waals surface area (Å²) in [5.74, 6) is 1.14. The average Bonchev–Trinajstić information content (AvgIpc) is 3.22. The Labute approximate surface area is 166 Å². The predicted molar refractivity (Wildman–Crippen MR) is 108 cm³/mol. The fourth-order valence-electron chi connectivity index (χ4n) is 3.06. The lowest BCUT2D eigenvalue weighted by molar-refractivity contribution is 0.286. The van der Waals surface area contributed by atoms with Crippen molar-refractivity contribution in [3.63, 3.8) is 0 Å². The molecule has 140 valence electrons. The second kappa shape index (κ2) is 7.47. The van der Waals surface area contributed by atoms with Crippen LogP contribution in [0, 0.1) is 0 Å². The van der Waals surface area contributed by atoms with Crippen LogP contribution in [0.4, 0.5) is 0 Å². The molecule has 0 aliphatic carbocycles. The maximum absolute atomic E-state index is 6.07. The summed E-state index contributed by atoms with van der Waals surface area (Å²) in [7, 11) is 0. The van der Waals surface area contributed by atoms with Crippen LogP contribution >= 0.6 is 0 Å². The first-order chi connectivity index (χ1) is 14.4. The zero-order chi connectivity index (χ0) is 19.5. The van der Waals surface area contributed by atoms with E-state index in [1.165, 1.54) is 6.33 Å².